The number of carboxylic acid groups (broad SMARTS) is 2. The van der Waals surface area contributed by atoms with Crippen LogP contribution in [0.15, 0.2) is 97.1 Å². The average molecular weight is 1210 g/mol. The third-order valence-electron chi connectivity index (χ3n) is 16.0. The first-order chi connectivity index (χ1) is 36.6. The Morgan fingerprint density at radius 3 is 1.46 bits per heavy atom. The van der Waals surface area contributed by atoms with Gasteiger partial charge in [-0.15, -0.1) is 0 Å². The molecule has 4 atom stereocenters. The second kappa shape index (κ2) is 28.8. The first kappa shape index (κ1) is 65.1. The number of likely N-dealkylation sites (tertiary alicyclic amines) is 2. The monoisotopic (exact) mass is 1200 g/mol. The van der Waals surface area contributed by atoms with E-state index in [4.69, 9.17) is 49.8 Å². The number of aliphatic hydroxyl groups is 3. The number of nitrogens with zero attached hydrogens (tertiary/aromatic N) is 3. The number of piperidine rings is 3. The van der Waals surface area contributed by atoms with E-state index in [0.29, 0.717) is 98.5 Å². The van der Waals surface area contributed by atoms with E-state index < -0.39 is 28.7 Å². The van der Waals surface area contributed by atoms with Gasteiger partial charge in [0, 0.05) is 115 Å². The van der Waals surface area contributed by atoms with Crippen molar-refractivity contribution >= 4 is 68.6 Å². The molecular formula is C60H81BrCl3FN4O9. The number of rotatable bonds is 13. The lowest BCUT2D eigenvalue weighted by Gasteiger charge is -2.50. The molecule has 430 valence electrons. The Morgan fingerprint density at radius 2 is 1.06 bits per heavy atom. The zero-order valence-electron chi connectivity index (χ0n) is 46.1. The lowest BCUT2D eigenvalue weighted by molar-refractivity contribution is -0.140. The van der Waals surface area contributed by atoms with Crippen LogP contribution in [0.5, 0.6) is 0 Å². The Hall–Kier alpha value is -3.71. The van der Waals surface area contributed by atoms with Gasteiger partial charge in [0.05, 0.1) is 35.7 Å². The summed E-state index contributed by atoms with van der Waals surface area (Å²) in [5.41, 5.74) is 0.204. The molecule has 1 amide bonds. The highest BCUT2D eigenvalue weighted by Crippen LogP contribution is 2.48. The van der Waals surface area contributed by atoms with Gasteiger partial charge in [-0.1, -0.05) is 141 Å². The van der Waals surface area contributed by atoms with Crippen LogP contribution in [0, 0.1) is 22.1 Å². The molecule has 18 heteroatoms. The highest BCUT2D eigenvalue weighted by Gasteiger charge is 2.50. The fourth-order valence-electron chi connectivity index (χ4n) is 11.0. The molecule has 4 heterocycles. The number of carboxylic acids is 2. The maximum Gasteiger partial charge on any atom is 0.304 e. The second-order valence-corrected chi connectivity index (χ2v) is 25.1. The summed E-state index contributed by atoms with van der Waals surface area (Å²) in [6.45, 7) is 19.9. The van der Waals surface area contributed by atoms with Crippen molar-refractivity contribution in [3.63, 3.8) is 0 Å². The molecule has 4 aromatic rings. The summed E-state index contributed by atoms with van der Waals surface area (Å²) in [7, 11) is 0. The van der Waals surface area contributed by atoms with Gasteiger partial charge < -0.3 is 50.3 Å². The number of ether oxygens (including phenoxy) is 1. The van der Waals surface area contributed by atoms with Crippen molar-refractivity contribution in [3.05, 3.63) is 140 Å². The normalized spacial score (nSPS) is 24.8. The van der Waals surface area contributed by atoms with Gasteiger partial charge in [0.2, 0.25) is 5.91 Å². The standard InChI is InChI=1S/C28H36ClFN2O3.C16H22ClNO3.C13H18ClNO.C3H5BrO2/c1-27(2)20-31(16-13-28(27,34)22-6-8-23(29)9-7-22)15-12-26(33)32-14-3-17-35-25(19-32)18-21-4-10-24(30)11-5-21;1-15(2)11-18(9-7-14(19)20)10-8-16(15,21)12-3-5-13(17)6-4-12;1-12(2)9-15-8-7-13(12,16)10-3-5-11(14)6-4-10;4-2-1-3(5)6/h4-11,25,34H,3,12-20H2,1-2H3;3-6,21H,7-11H2,1-2H3,(H,19,20);3-6,15-16H,7-9H2,1-2H3;1-2H2,(H,5,6). The zero-order chi connectivity index (χ0) is 57.5. The molecular weight excluding hydrogens is 1130 g/mol. The Kier molecular flexibility index (Phi) is 24.1. The molecule has 4 aliphatic heterocycles. The van der Waals surface area contributed by atoms with Gasteiger partial charge in [0.25, 0.3) is 0 Å². The van der Waals surface area contributed by atoms with E-state index >= 15 is 0 Å². The first-order valence-corrected chi connectivity index (χ1v) is 29.1. The van der Waals surface area contributed by atoms with Crippen LogP contribution in [-0.2, 0) is 42.3 Å². The number of hydrogen-bond donors (Lipinski definition) is 6. The van der Waals surface area contributed by atoms with Crippen molar-refractivity contribution in [2.75, 3.05) is 77.4 Å². The lowest BCUT2D eigenvalue weighted by atomic mass is 9.66. The minimum absolute atomic E-state index is 0.0878. The molecule has 4 fully saturated rings. The lowest BCUT2D eigenvalue weighted by Crippen LogP contribution is -2.55. The summed E-state index contributed by atoms with van der Waals surface area (Å²) in [6.07, 6.45) is 4.10. The van der Waals surface area contributed by atoms with Gasteiger partial charge in [0.1, 0.15) is 5.82 Å². The van der Waals surface area contributed by atoms with Crippen LogP contribution < -0.4 is 5.32 Å². The van der Waals surface area contributed by atoms with Crippen molar-refractivity contribution < 1.29 is 49.0 Å². The SMILES string of the molecule is CC1(C)CN(CCC(=O)N2CCCOC(Cc3ccc(F)cc3)C2)CCC1(O)c1ccc(Cl)cc1.CC1(C)CN(CCC(=O)O)CCC1(O)c1ccc(Cl)cc1.CC1(C)CNCCC1(O)c1ccc(Cl)cc1.O=C(O)CCBr. The molecule has 0 aromatic heterocycles. The maximum atomic E-state index is 13.2. The second-order valence-electron chi connectivity index (χ2n) is 23.0. The Bertz CT molecular complexity index is 2550. The topological polar surface area (TPSA) is 183 Å². The Balaban J connectivity index is 0.000000220. The fraction of sp³-hybridized carbons (Fsp3) is 0.550. The number of halogens is 5. The smallest absolute Gasteiger partial charge is 0.304 e. The van der Waals surface area contributed by atoms with E-state index in [9.17, 15) is 34.1 Å². The number of nitrogens with one attached hydrogen (secondary N) is 1. The van der Waals surface area contributed by atoms with Gasteiger partial charge in [0.15, 0.2) is 0 Å². The quantitative estimate of drug-likeness (QED) is 0.0698. The molecule has 0 bridgehead atoms. The maximum absolute atomic E-state index is 13.2. The highest BCUT2D eigenvalue weighted by atomic mass is 79.9. The Labute approximate surface area is 484 Å². The molecule has 0 aliphatic carbocycles. The molecule has 6 N–H and O–H groups in total. The van der Waals surface area contributed by atoms with Crippen molar-refractivity contribution in [2.24, 2.45) is 16.2 Å². The minimum Gasteiger partial charge on any atom is -0.481 e. The molecule has 4 aromatic carbocycles. The number of alkyl halides is 1. The zero-order valence-corrected chi connectivity index (χ0v) is 49.9. The largest absolute Gasteiger partial charge is 0.481 e. The molecule has 0 saturated carbocycles. The molecule has 4 saturated heterocycles. The van der Waals surface area contributed by atoms with Crippen LogP contribution in [0.3, 0.4) is 0 Å². The molecule has 78 heavy (non-hydrogen) atoms. The number of amides is 1. The van der Waals surface area contributed by atoms with Crippen LogP contribution >= 0.6 is 50.7 Å². The van der Waals surface area contributed by atoms with Crippen LogP contribution in [0.4, 0.5) is 4.39 Å². The van der Waals surface area contributed by atoms with Gasteiger partial charge in [-0.25, -0.2) is 4.39 Å². The van der Waals surface area contributed by atoms with Crippen LogP contribution in [0.25, 0.3) is 0 Å². The van der Waals surface area contributed by atoms with Crippen LogP contribution in [0.1, 0.15) is 109 Å². The van der Waals surface area contributed by atoms with Crippen molar-refractivity contribution in [3.8, 4) is 0 Å². The summed E-state index contributed by atoms with van der Waals surface area (Å²) in [6, 6.07) is 28.8. The summed E-state index contributed by atoms with van der Waals surface area (Å²) in [5.74, 6) is -1.66. The van der Waals surface area contributed by atoms with E-state index in [0.717, 1.165) is 54.7 Å². The fourth-order valence-corrected chi connectivity index (χ4v) is 11.8. The summed E-state index contributed by atoms with van der Waals surface area (Å²) in [4.78, 5) is 39.7. The number of carbonyl (C=O) groups excluding carboxylic acids is 1. The van der Waals surface area contributed by atoms with E-state index in [1.165, 1.54) is 12.1 Å². The average Bonchev–Trinajstić information content (AvgIpc) is 3.63. The van der Waals surface area contributed by atoms with Gasteiger partial charge in [-0.3, -0.25) is 14.4 Å². The predicted molar refractivity (Wildman–Crippen MR) is 311 cm³/mol. The molecule has 4 unspecified atom stereocenters. The first-order valence-electron chi connectivity index (χ1n) is 26.9. The molecule has 0 radical (unpaired) electrons. The number of aliphatic carboxylic acids is 2. The molecule has 8 rings (SSSR count). The van der Waals surface area contributed by atoms with Crippen molar-refractivity contribution in [2.45, 2.75) is 116 Å². The third-order valence-corrected chi connectivity index (χ3v) is 17.2. The summed E-state index contributed by atoms with van der Waals surface area (Å²) < 4.78 is 19.2. The van der Waals surface area contributed by atoms with Gasteiger partial charge >= 0.3 is 11.9 Å². The third kappa shape index (κ3) is 17.6. The summed E-state index contributed by atoms with van der Waals surface area (Å²) in [5, 5.41) is 56.2. The molecule has 4 aliphatic rings. The summed E-state index contributed by atoms with van der Waals surface area (Å²) >= 11 is 20.8. The highest BCUT2D eigenvalue weighted by molar-refractivity contribution is 9.09. The van der Waals surface area contributed by atoms with E-state index in [-0.39, 0.29) is 46.9 Å². The van der Waals surface area contributed by atoms with Crippen LogP contribution in [-0.4, -0.2) is 142 Å². The van der Waals surface area contributed by atoms with E-state index in [1.807, 2.05) is 79.4 Å². The van der Waals surface area contributed by atoms with Crippen molar-refractivity contribution in [1.29, 1.82) is 0 Å². The minimum atomic E-state index is -0.937. The van der Waals surface area contributed by atoms with E-state index in [1.54, 1.807) is 24.3 Å². The van der Waals surface area contributed by atoms with Crippen molar-refractivity contribution in [1.82, 2.24) is 20.0 Å². The number of benzene rings is 4. The van der Waals surface area contributed by atoms with Crippen LogP contribution in [0.2, 0.25) is 15.1 Å². The van der Waals surface area contributed by atoms with E-state index in [2.05, 4.69) is 58.7 Å². The number of carbonyl (C=O) groups is 3. The van der Waals surface area contributed by atoms with Gasteiger partial charge in [-0.2, -0.15) is 0 Å². The Morgan fingerprint density at radius 1 is 0.628 bits per heavy atom. The van der Waals surface area contributed by atoms with Gasteiger partial charge in [-0.05, 0) is 103 Å². The molecule has 0 spiro atoms. The number of hydrogen-bond acceptors (Lipinski definition) is 10. The molecule has 13 nitrogen and oxygen atoms in total. The predicted octanol–water partition coefficient (Wildman–Crippen LogP) is 10.8.